The number of nitrogens with zero attached hydrogens (tertiary/aromatic N) is 1. The van der Waals surface area contributed by atoms with Gasteiger partial charge in [-0.05, 0) is 31.5 Å². The predicted octanol–water partition coefficient (Wildman–Crippen LogP) is 3.23. The molecule has 1 aromatic carbocycles. The largest absolute Gasteiger partial charge is 0.393 e. The van der Waals surface area contributed by atoms with Gasteiger partial charge in [0, 0.05) is 30.6 Å². The van der Waals surface area contributed by atoms with E-state index in [0.717, 1.165) is 24.5 Å². The average molecular weight is 271 g/mol. The maximum Gasteiger partial charge on any atom is 0.0740 e. The van der Waals surface area contributed by atoms with Gasteiger partial charge in [-0.25, -0.2) is 0 Å². The van der Waals surface area contributed by atoms with E-state index in [1.165, 1.54) is 5.56 Å². The molecule has 0 fully saturated rings. The molecule has 2 nitrogen and oxygen atoms in total. The van der Waals surface area contributed by atoms with Crippen molar-refractivity contribution in [3.8, 4) is 0 Å². The molecule has 4 heteroatoms. The minimum Gasteiger partial charge on any atom is -0.393 e. The first-order valence-corrected chi connectivity index (χ1v) is 6.54. The number of rotatable bonds is 6. The van der Waals surface area contributed by atoms with Gasteiger partial charge in [-0.3, -0.25) is 4.90 Å². The van der Waals surface area contributed by atoms with Crippen LogP contribution in [-0.4, -0.2) is 22.5 Å². The third-order valence-electron chi connectivity index (χ3n) is 2.65. The Morgan fingerprint density at radius 2 is 2.18 bits per heavy atom. The standard InChI is InChI=1S/C13H19ClN2S/c1-10(2)16(7-6-13(15)17)9-11-4-3-5-12(14)8-11/h3-5,8,10H,6-7,9H2,1-2H3,(H2,15,17). The van der Waals surface area contributed by atoms with Gasteiger partial charge in [0.1, 0.15) is 0 Å². The monoisotopic (exact) mass is 270 g/mol. The van der Waals surface area contributed by atoms with Crippen molar-refractivity contribution in [3.63, 3.8) is 0 Å². The van der Waals surface area contributed by atoms with Crippen molar-refractivity contribution in [2.24, 2.45) is 5.73 Å². The van der Waals surface area contributed by atoms with Crippen molar-refractivity contribution in [3.05, 3.63) is 34.9 Å². The van der Waals surface area contributed by atoms with Gasteiger partial charge in [-0.2, -0.15) is 0 Å². The van der Waals surface area contributed by atoms with Gasteiger partial charge in [-0.1, -0.05) is 36.0 Å². The molecule has 17 heavy (non-hydrogen) atoms. The fourth-order valence-corrected chi connectivity index (χ4v) is 1.95. The van der Waals surface area contributed by atoms with Gasteiger partial charge in [0.2, 0.25) is 0 Å². The molecule has 0 saturated heterocycles. The van der Waals surface area contributed by atoms with E-state index in [1.807, 2.05) is 18.2 Å². The van der Waals surface area contributed by atoms with Gasteiger partial charge < -0.3 is 5.73 Å². The smallest absolute Gasteiger partial charge is 0.0740 e. The zero-order valence-corrected chi connectivity index (χ0v) is 11.9. The summed E-state index contributed by atoms with van der Waals surface area (Å²) in [7, 11) is 0. The molecular weight excluding hydrogens is 252 g/mol. The summed E-state index contributed by atoms with van der Waals surface area (Å²) in [6.45, 7) is 6.11. The number of hydrogen-bond donors (Lipinski definition) is 1. The Hall–Kier alpha value is -0.640. The molecule has 0 unspecified atom stereocenters. The molecule has 0 aliphatic carbocycles. The van der Waals surface area contributed by atoms with Crippen LogP contribution < -0.4 is 5.73 Å². The molecule has 1 aromatic rings. The zero-order chi connectivity index (χ0) is 12.8. The van der Waals surface area contributed by atoms with Crippen molar-refractivity contribution < 1.29 is 0 Å². The average Bonchev–Trinajstić information content (AvgIpc) is 2.23. The summed E-state index contributed by atoms with van der Waals surface area (Å²) in [6.07, 6.45) is 0.758. The molecule has 0 radical (unpaired) electrons. The Kier molecular flexibility index (Phi) is 5.89. The van der Waals surface area contributed by atoms with Crippen molar-refractivity contribution in [2.75, 3.05) is 6.54 Å². The Labute approximate surface area is 114 Å². The van der Waals surface area contributed by atoms with E-state index in [1.54, 1.807) is 0 Å². The molecule has 0 spiro atoms. The molecule has 0 atom stereocenters. The van der Waals surface area contributed by atoms with E-state index < -0.39 is 0 Å². The molecule has 0 saturated carbocycles. The highest BCUT2D eigenvalue weighted by molar-refractivity contribution is 7.80. The summed E-state index contributed by atoms with van der Waals surface area (Å²) in [5.74, 6) is 0. The Bertz CT molecular complexity index is 379. The van der Waals surface area contributed by atoms with Gasteiger partial charge in [0.05, 0.1) is 4.99 Å². The summed E-state index contributed by atoms with van der Waals surface area (Å²) < 4.78 is 0. The van der Waals surface area contributed by atoms with E-state index in [2.05, 4.69) is 24.8 Å². The molecule has 0 aromatic heterocycles. The second-order valence-corrected chi connectivity index (χ2v) is 5.37. The highest BCUT2D eigenvalue weighted by atomic mass is 35.5. The van der Waals surface area contributed by atoms with Crippen LogP contribution in [0.4, 0.5) is 0 Å². The highest BCUT2D eigenvalue weighted by Crippen LogP contribution is 2.14. The summed E-state index contributed by atoms with van der Waals surface area (Å²) >= 11 is 10.9. The normalized spacial score (nSPS) is 11.1. The molecule has 0 aliphatic heterocycles. The second kappa shape index (κ2) is 6.94. The van der Waals surface area contributed by atoms with Crippen molar-refractivity contribution in [2.45, 2.75) is 32.9 Å². The van der Waals surface area contributed by atoms with Crippen LogP contribution in [0.3, 0.4) is 0 Å². The van der Waals surface area contributed by atoms with Crippen LogP contribution in [0.25, 0.3) is 0 Å². The number of thiocarbonyl (C=S) groups is 1. The number of hydrogen-bond acceptors (Lipinski definition) is 2. The second-order valence-electron chi connectivity index (χ2n) is 4.41. The number of nitrogens with two attached hydrogens (primary N) is 1. The molecular formula is C13H19ClN2S. The third kappa shape index (κ3) is 5.48. The van der Waals surface area contributed by atoms with E-state index in [9.17, 15) is 0 Å². The maximum absolute atomic E-state index is 5.98. The van der Waals surface area contributed by atoms with Crippen molar-refractivity contribution in [1.82, 2.24) is 4.90 Å². The molecule has 1 rings (SSSR count). The summed E-state index contributed by atoms with van der Waals surface area (Å²) in [6, 6.07) is 8.41. The first kappa shape index (κ1) is 14.4. The van der Waals surface area contributed by atoms with E-state index in [-0.39, 0.29) is 0 Å². The van der Waals surface area contributed by atoms with Gasteiger partial charge in [0.15, 0.2) is 0 Å². The van der Waals surface area contributed by atoms with Crippen molar-refractivity contribution >= 4 is 28.8 Å². The quantitative estimate of drug-likeness (QED) is 0.805. The summed E-state index contributed by atoms with van der Waals surface area (Å²) in [4.78, 5) is 2.91. The van der Waals surface area contributed by atoms with Gasteiger partial charge in [-0.15, -0.1) is 0 Å². The molecule has 0 heterocycles. The molecule has 0 bridgehead atoms. The van der Waals surface area contributed by atoms with Crippen LogP contribution in [0.15, 0.2) is 24.3 Å². The Morgan fingerprint density at radius 1 is 1.47 bits per heavy atom. The summed E-state index contributed by atoms with van der Waals surface area (Å²) in [5.41, 5.74) is 6.76. The minimum atomic E-state index is 0.461. The van der Waals surface area contributed by atoms with Crippen molar-refractivity contribution in [1.29, 1.82) is 0 Å². The maximum atomic E-state index is 5.98. The lowest BCUT2D eigenvalue weighted by Crippen LogP contribution is -2.33. The van der Waals surface area contributed by atoms with Crippen LogP contribution in [0.5, 0.6) is 0 Å². The fraction of sp³-hybridized carbons (Fsp3) is 0.462. The van der Waals surface area contributed by atoms with Crippen LogP contribution in [-0.2, 0) is 6.54 Å². The molecule has 0 aliphatic rings. The Morgan fingerprint density at radius 3 is 2.71 bits per heavy atom. The van der Waals surface area contributed by atoms with Crippen LogP contribution in [0.2, 0.25) is 5.02 Å². The lowest BCUT2D eigenvalue weighted by atomic mass is 10.2. The molecule has 2 N–H and O–H groups in total. The predicted molar refractivity (Wildman–Crippen MR) is 78.4 cm³/mol. The van der Waals surface area contributed by atoms with E-state index in [4.69, 9.17) is 29.6 Å². The molecule has 0 amide bonds. The fourth-order valence-electron chi connectivity index (χ4n) is 1.64. The first-order valence-electron chi connectivity index (χ1n) is 5.76. The minimum absolute atomic E-state index is 0.461. The Balaban J connectivity index is 2.63. The van der Waals surface area contributed by atoms with Crippen LogP contribution in [0.1, 0.15) is 25.8 Å². The van der Waals surface area contributed by atoms with Gasteiger partial charge in [0.25, 0.3) is 0 Å². The molecule has 94 valence electrons. The zero-order valence-electron chi connectivity index (χ0n) is 10.3. The van der Waals surface area contributed by atoms with E-state index in [0.29, 0.717) is 11.0 Å². The van der Waals surface area contributed by atoms with Gasteiger partial charge >= 0.3 is 0 Å². The topological polar surface area (TPSA) is 29.3 Å². The van der Waals surface area contributed by atoms with Crippen LogP contribution >= 0.6 is 23.8 Å². The third-order valence-corrected chi connectivity index (χ3v) is 3.09. The van der Waals surface area contributed by atoms with Crippen LogP contribution in [0, 0.1) is 0 Å². The number of benzene rings is 1. The first-order chi connectivity index (χ1) is 7.99. The SMILES string of the molecule is CC(C)N(CCC(N)=S)Cc1cccc(Cl)c1. The number of halogens is 1. The lowest BCUT2D eigenvalue weighted by molar-refractivity contribution is 0.219. The van der Waals surface area contributed by atoms with E-state index >= 15 is 0 Å². The summed E-state index contributed by atoms with van der Waals surface area (Å²) in [5, 5.41) is 0.778. The lowest BCUT2D eigenvalue weighted by Gasteiger charge is -2.26. The highest BCUT2D eigenvalue weighted by Gasteiger charge is 2.10.